The maximum atomic E-state index is 11.8. The van der Waals surface area contributed by atoms with E-state index in [0.29, 0.717) is 50.8 Å². The average molecular weight is 324 g/mol. The summed E-state index contributed by atoms with van der Waals surface area (Å²) >= 11 is 0. The van der Waals surface area contributed by atoms with Crippen LogP contribution in [0.3, 0.4) is 0 Å². The van der Waals surface area contributed by atoms with Crippen molar-refractivity contribution >= 4 is 11.9 Å². The highest BCUT2D eigenvalue weighted by atomic mass is 16.6. The first-order valence-electron chi connectivity index (χ1n) is 7.45. The van der Waals surface area contributed by atoms with Crippen LogP contribution in [-0.2, 0) is 23.7 Å². The van der Waals surface area contributed by atoms with Gasteiger partial charge in [0.05, 0.1) is 50.8 Å². The summed E-state index contributed by atoms with van der Waals surface area (Å²) in [4.78, 5) is 23.6. The quantitative estimate of drug-likeness (QED) is 0.521. The predicted octanol–water partition coefficient (Wildman–Crippen LogP) is 1.06. The summed E-state index contributed by atoms with van der Waals surface area (Å²) in [5.41, 5.74) is 0.734. The van der Waals surface area contributed by atoms with Crippen LogP contribution in [0.15, 0.2) is 24.3 Å². The molecule has 3 rings (SSSR count). The van der Waals surface area contributed by atoms with E-state index in [1.165, 1.54) is 24.3 Å². The van der Waals surface area contributed by atoms with E-state index in [9.17, 15) is 9.59 Å². The molecule has 2 bridgehead atoms. The van der Waals surface area contributed by atoms with Crippen molar-refractivity contribution in [2.24, 2.45) is 0 Å². The van der Waals surface area contributed by atoms with E-state index in [2.05, 4.69) is 0 Å². The Morgan fingerprint density at radius 3 is 1.17 bits per heavy atom. The molecule has 1 aromatic carbocycles. The number of hydrogen-bond donors (Lipinski definition) is 0. The van der Waals surface area contributed by atoms with E-state index in [-0.39, 0.29) is 13.2 Å². The molecule has 2 heterocycles. The van der Waals surface area contributed by atoms with Gasteiger partial charge in [-0.25, -0.2) is 9.59 Å². The van der Waals surface area contributed by atoms with E-state index in [1.54, 1.807) is 0 Å². The van der Waals surface area contributed by atoms with Gasteiger partial charge in [0.15, 0.2) is 0 Å². The van der Waals surface area contributed by atoms with E-state index >= 15 is 0 Å². The maximum absolute atomic E-state index is 11.8. The average Bonchev–Trinajstić information content (AvgIpc) is 2.58. The molecule has 23 heavy (non-hydrogen) atoms. The number of carbonyl (C=O) groups excluding carboxylic acids is 2. The largest absolute Gasteiger partial charge is 0.460 e. The Morgan fingerprint density at radius 1 is 0.522 bits per heavy atom. The fourth-order valence-electron chi connectivity index (χ4n) is 1.84. The number of esters is 2. The summed E-state index contributed by atoms with van der Waals surface area (Å²) in [6.45, 7) is 2.64. The first kappa shape index (κ1) is 17.4. The Balaban J connectivity index is 1.91. The molecule has 0 atom stereocenters. The zero-order chi connectivity index (χ0) is 16.3. The lowest BCUT2D eigenvalue weighted by molar-refractivity contribution is -0.00661. The molecule has 0 amide bonds. The van der Waals surface area contributed by atoms with Crippen LogP contribution in [0.25, 0.3) is 0 Å². The van der Waals surface area contributed by atoms with Crippen molar-refractivity contribution in [1.29, 1.82) is 0 Å². The topological polar surface area (TPSA) is 80.3 Å². The standard InChI is InChI=1S/C16H20O7/c17-15-13-1-2-14(4-3-13)16(18)23-12-10-21-8-6-19-5-7-20-9-11-22-15/h1-4H,5-12H2. The van der Waals surface area contributed by atoms with Crippen LogP contribution >= 0.6 is 0 Å². The normalized spacial score (nSPS) is 19.1. The van der Waals surface area contributed by atoms with Gasteiger partial charge in [0.2, 0.25) is 0 Å². The number of carbonyl (C=O) groups is 2. The first-order valence-corrected chi connectivity index (χ1v) is 7.45. The van der Waals surface area contributed by atoms with E-state index in [0.717, 1.165) is 0 Å². The second-order valence-corrected chi connectivity index (χ2v) is 4.69. The minimum absolute atomic E-state index is 0.158. The Kier molecular flexibility index (Phi) is 7.51. The molecule has 126 valence electrons. The minimum Gasteiger partial charge on any atom is -0.460 e. The monoisotopic (exact) mass is 324 g/mol. The van der Waals surface area contributed by atoms with E-state index in [1.807, 2.05) is 0 Å². The molecule has 0 unspecified atom stereocenters. The van der Waals surface area contributed by atoms with Crippen LogP contribution in [0.5, 0.6) is 0 Å². The fourth-order valence-corrected chi connectivity index (χ4v) is 1.84. The summed E-state index contributed by atoms with van der Waals surface area (Å²) in [6, 6.07) is 6.10. The second-order valence-electron chi connectivity index (χ2n) is 4.69. The maximum Gasteiger partial charge on any atom is 0.338 e. The molecule has 0 saturated carbocycles. The third-order valence-corrected chi connectivity index (χ3v) is 3.02. The van der Waals surface area contributed by atoms with Crippen molar-refractivity contribution in [2.75, 3.05) is 52.9 Å². The molecule has 0 saturated heterocycles. The third-order valence-electron chi connectivity index (χ3n) is 3.02. The van der Waals surface area contributed by atoms with E-state index < -0.39 is 11.9 Å². The molecule has 0 radical (unpaired) electrons. The van der Waals surface area contributed by atoms with Crippen molar-refractivity contribution in [1.82, 2.24) is 0 Å². The van der Waals surface area contributed by atoms with Crippen LogP contribution < -0.4 is 0 Å². The minimum atomic E-state index is -0.462. The van der Waals surface area contributed by atoms with Gasteiger partial charge in [0.1, 0.15) is 13.2 Å². The molecule has 1 aromatic rings. The van der Waals surface area contributed by atoms with Crippen molar-refractivity contribution < 1.29 is 33.3 Å². The highest BCUT2D eigenvalue weighted by Gasteiger charge is 2.11. The Hall–Kier alpha value is -1.96. The Bertz CT molecular complexity index is 453. The van der Waals surface area contributed by atoms with Crippen molar-refractivity contribution in [3.05, 3.63) is 35.4 Å². The number of ether oxygens (including phenoxy) is 5. The Labute approximate surface area is 134 Å². The summed E-state index contributed by atoms with van der Waals surface area (Å²) in [7, 11) is 0. The molecule has 7 heteroatoms. The molecule has 0 spiro atoms. The molecule has 7 nitrogen and oxygen atoms in total. The van der Waals surface area contributed by atoms with Gasteiger partial charge in [-0.1, -0.05) is 0 Å². The third kappa shape index (κ3) is 6.35. The smallest absolute Gasteiger partial charge is 0.338 e. The van der Waals surface area contributed by atoms with Gasteiger partial charge in [-0.05, 0) is 24.3 Å². The lowest BCUT2D eigenvalue weighted by Gasteiger charge is -2.07. The van der Waals surface area contributed by atoms with Crippen LogP contribution in [0.2, 0.25) is 0 Å². The molecule has 0 fully saturated rings. The van der Waals surface area contributed by atoms with Gasteiger partial charge in [-0.2, -0.15) is 0 Å². The number of benzene rings is 1. The molecule has 0 aliphatic carbocycles. The van der Waals surface area contributed by atoms with Crippen LogP contribution in [-0.4, -0.2) is 64.8 Å². The summed E-state index contributed by atoms with van der Waals surface area (Å²) in [5, 5.41) is 0. The fraction of sp³-hybridized carbons (Fsp3) is 0.500. The molecule has 2 aliphatic rings. The van der Waals surface area contributed by atoms with Crippen LogP contribution in [0.4, 0.5) is 0 Å². The van der Waals surface area contributed by atoms with Gasteiger partial charge in [-0.3, -0.25) is 0 Å². The summed E-state index contributed by atoms with van der Waals surface area (Å²) in [5.74, 6) is -0.924. The zero-order valence-electron chi connectivity index (χ0n) is 12.8. The molecular formula is C16H20O7. The number of fused-ring (bicyclic) bond motifs is 16. The number of hydrogen-bond acceptors (Lipinski definition) is 7. The van der Waals surface area contributed by atoms with Gasteiger partial charge in [-0.15, -0.1) is 0 Å². The number of rotatable bonds is 0. The summed E-state index contributed by atoms with van der Waals surface area (Å²) in [6.07, 6.45) is 0. The molecular weight excluding hydrogens is 304 g/mol. The van der Waals surface area contributed by atoms with Crippen LogP contribution in [0.1, 0.15) is 20.7 Å². The van der Waals surface area contributed by atoms with Gasteiger partial charge in [0.25, 0.3) is 0 Å². The predicted molar refractivity (Wildman–Crippen MR) is 79.5 cm³/mol. The van der Waals surface area contributed by atoms with Crippen LogP contribution in [0, 0.1) is 0 Å². The van der Waals surface area contributed by atoms with Gasteiger partial charge in [0, 0.05) is 0 Å². The molecule has 0 aromatic heterocycles. The highest BCUT2D eigenvalue weighted by Crippen LogP contribution is 2.07. The van der Waals surface area contributed by atoms with E-state index in [4.69, 9.17) is 23.7 Å². The van der Waals surface area contributed by atoms with Gasteiger partial charge < -0.3 is 23.7 Å². The zero-order valence-corrected chi connectivity index (χ0v) is 12.8. The lowest BCUT2D eigenvalue weighted by atomic mass is 10.1. The SMILES string of the molecule is O=C1OCCOCCOCCOCCOC(=O)c2ccc1cc2. The van der Waals surface area contributed by atoms with Crippen molar-refractivity contribution in [3.63, 3.8) is 0 Å². The highest BCUT2D eigenvalue weighted by molar-refractivity contribution is 5.93. The lowest BCUT2D eigenvalue weighted by Crippen LogP contribution is -2.14. The first-order chi connectivity index (χ1) is 11.3. The Morgan fingerprint density at radius 2 is 0.826 bits per heavy atom. The van der Waals surface area contributed by atoms with Gasteiger partial charge >= 0.3 is 11.9 Å². The summed E-state index contributed by atoms with van der Waals surface area (Å²) < 4.78 is 26.0. The van der Waals surface area contributed by atoms with Crippen molar-refractivity contribution in [2.45, 2.75) is 0 Å². The molecule has 0 N–H and O–H groups in total. The molecule has 2 aliphatic heterocycles. The van der Waals surface area contributed by atoms with Crippen molar-refractivity contribution in [3.8, 4) is 0 Å². The second kappa shape index (κ2) is 9.94.